The van der Waals surface area contributed by atoms with Gasteiger partial charge >= 0.3 is 0 Å². The first-order valence-electron chi connectivity index (χ1n) is 3.17. The van der Waals surface area contributed by atoms with Crippen LogP contribution in [0.15, 0.2) is 0 Å². The first kappa shape index (κ1) is 6.93. The normalized spacial score (nSPS) is 19.9. The summed E-state index contributed by atoms with van der Waals surface area (Å²) in [6, 6.07) is 0.366. The monoisotopic (exact) mass is 145 g/mol. The molecule has 0 aliphatic carbocycles. The van der Waals surface area contributed by atoms with Crippen LogP contribution >= 0.6 is 11.9 Å². The maximum Gasteiger partial charge on any atom is 0.233 e. The molecular weight excluding hydrogens is 134 g/mol. The first-order chi connectivity index (χ1) is 4.22. The van der Waals surface area contributed by atoms with Crippen molar-refractivity contribution in [2.24, 2.45) is 0 Å². The Morgan fingerprint density at radius 1 is 1.67 bits per heavy atom. The lowest BCUT2D eigenvalue weighted by Crippen LogP contribution is -2.25. The molecule has 1 aliphatic heterocycles. The minimum absolute atomic E-state index is 0.287. The van der Waals surface area contributed by atoms with Gasteiger partial charge in [-0.05, 0) is 25.8 Å². The molecule has 0 N–H and O–H groups in total. The largest absolute Gasteiger partial charge is 0.284 e. The number of nitrogens with zero attached hydrogens (tertiary/aromatic N) is 1. The maximum absolute atomic E-state index is 10.9. The Balaban J connectivity index is 2.49. The van der Waals surface area contributed by atoms with Gasteiger partial charge in [0, 0.05) is 18.2 Å². The van der Waals surface area contributed by atoms with Crippen LogP contribution in [0.4, 0.5) is 0 Å². The summed E-state index contributed by atoms with van der Waals surface area (Å²) < 4.78 is 1.85. The van der Waals surface area contributed by atoms with Gasteiger partial charge < -0.3 is 0 Å². The average molecular weight is 145 g/mol. The molecule has 0 radical (unpaired) electrons. The quantitative estimate of drug-likeness (QED) is 0.518. The summed E-state index contributed by atoms with van der Waals surface area (Å²) in [7, 11) is 0. The fourth-order valence-electron chi connectivity index (χ4n) is 0.851. The van der Waals surface area contributed by atoms with E-state index < -0.39 is 0 Å². The number of rotatable bonds is 1. The van der Waals surface area contributed by atoms with Crippen LogP contribution in [0.25, 0.3) is 0 Å². The summed E-state index contributed by atoms with van der Waals surface area (Å²) in [4.78, 5) is 10.9. The van der Waals surface area contributed by atoms with E-state index in [1.165, 1.54) is 0 Å². The Bertz CT molecular complexity index is 124. The molecule has 1 rings (SSSR count). The number of hydrogen-bond donors (Lipinski definition) is 0. The Labute approximate surface area is 59.7 Å². The fraction of sp³-hybridized carbons (Fsp3) is 0.833. The lowest BCUT2D eigenvalue weighted by atomic mass is 10.3. The molecule has 0 aromatic heterocycles. The average Bonchev–Trinajstić information content (AvgIpc) is 2.13. The van der Waals surface area contributed by atoms with Crippen LogP contribution in [0, 0.1) is 0 Å². The summed E-state index contributed by atoms with van der Waals surface area (Å²) in [5.74, 6) is 1.26. The highest BCUT2D eigenvalue weighted by atomic mass is 32.2. The topological polar surface area (TPSA) is 20.3 Å². The molecule has 0 unspecified atom stereocenters. The summed E-state index contributed by atoms with van der Waals surface area (Å²) in [5, 5.41) is 0. The van der Waals surface area contributed by atoms with Gasteiger partial charge in [-0.1, -0.05) is 0 Å². The SMILES string of the molecule is CC(C)N1SCCC1=O. The van der Waals surface area contributed by atoms with Gasteiger partial charge in [0.1, 0.15) is 0 Å². The van der Waals surface area contributed by atoms with Gasteiger partial charge in [0.05, 0.1) is 0 Å². The molecule has 0 bridgehead atoms. The highest BCUT2D eigenvalue weighted by Gasteiger charge is 2.23. The van der Waals surface area contributed by atoms with Crippen molar-refractivity contribution in [3.8, 4) is 0 Å². The van der Waals surface area contributed by atoms with Crippen LogP contribution in [-0.4, -0.2) is 22.0 Å². The van der Waals surface area contributed by atoms with E-state index in [-0.39, 0.29) is 5.91 Å². The second-order valence-electron chi connectivity index (χ2n) is 2.40. The van der Waals surface area contributed by atoms with E-state index in [1.807, 2.05) is 18.2 Å². The van der Waals surface area contributed by atoms with Gasteiger partial charge in [0.25, 0.3) is 0 Å². The van der Waals surface area contributed by atoms with Crippen LogP contribution < -0.4 is 0 Å². The highest BCUT2D eigenvalue weighted by Crippen LogP contribution is 2.23. The van der Waals surface area contributed by atoms with Gasteiger partial charge in [0.15, 0.2) is 0 Å². The molecule has 1 aliphatic rings. The van der Waals surface area contributed by atoms with Crippen molar-refractivity contribution in [1.82, 2.24) is 4.31 Å². The fourth-order valence-corrected chi connectivity index (χ4v) is 1.85. The van der Waals surface area contributed by atoms with E-state index in [2.05, 4.69) is 0 Å². The summed E-state index contributed by atoms with van der Waals surface area (Å²) >= 11 is 1.64. The van der Waals surface area contributed by atoms with Gasteiger partial charge in [-0.15, -0.1) is 0 Å². The van der Waals surface area contributed by atoms with Crippen LogP contribution in [0.3, 0.4) is 0 Å². The molecule has 52 valence electrons. The van der Waals surface area contributed by atoms with E-state index in [0.29, 0.717) is 6.04 Å². The zero-order valence-electron chi connectivity index (χ0n) is 5.76. The lowest BCUT2D eigenvalue weighted by Gasteiger charge is -2.17. The third-order valence-electron chi connectivity index (χ3n) is 1.26. The molecule has 3 heteroatoms. The summed E-state index contributed by atoms with van der Waals surface area (Å²) in [6.07, 6.45) is 0.725. The molecule has 0 saturated carbocycles. The van der Waals surface area contributed by atoms with E-state index in [1.54, 1.807) is 11.9 Å². The van der Waals surface area contributed by atoms with Crippen LogP contribution in [0.5, 0.6) is 0 Å². The molecule has 9 heavy (non-hydrogen) atoms. The second-order valence-corrected chi connectivity index (χ2v) is 3.46. The smallest absolute Gasteiger partial charge is 0.233 e. The van der Waals surface area contributed by atoms with Crippen molar-refractivity contribution in [2.45, 2.75) is 26.3 Å². The van der Waals surface area contributed by atoms with E-state index in [4.69, 9.17) is 0 Å². The lowest BCUT2D eigenvalue weighted by molar-refractivity contribution is -0.125. The summed E-state index contributed by atoms with van der Waals surface area (Å²) in [6.45, 7) is 4.08. The van der Waals surface area contributed by atoms with E-state index in [9.17, 15) is 4.79 Å². The Kier molecular flexibility index (Phi) is 2.01. The van der Waals surface area contributed by atoms with Gasteiger partial charge in [-0.2, -0.15) is 0 Å². The second kappa shape index (κ2) is 2.60. The van der Waals surface area contributed by atoms with Gasteiger partial charge in [0.2, 0.25) is 5.91 Å². The van der Waals surface area contributed by atoms with Crippen molar-refractivity contribution in [3.63, 3.8) is 0 Å². The zero-order chi connectivity index (χ0) is 6.85. The van der Waals surface area contributed by atoms with Crippen molar-refractivity contribution in [2.75, 3.05) is 5.75 Å². The predicted molar refractivity (Wildman–Crippen MR) is 39.1 cm³/mol. The molecule has 0 spiro atoms. The third-order valence-corrected chi connectivity index (χ3v) is 2.55. The molecule has 1 fully saturated rings. The molecule has 0 aromatic carbocycles. The number of amides is 1. The third kappa shape index (κ3) is 1.39. The Hall–Kier alpha value is -0.180. The number of hydrogen-bond acceptors (Lipinski definition) is 2. The first-order valence-corrected chi connectivity index (χ1v) is 4.11. The van der Waals surface area contributed by atoms with Crippen LogP contribution in [0.2, 0.25) is 0 Å². The molecule has 1 saturated heterocycles. The zero-order valence-corrected chi connectivity index (χ0v) is 6.57. The molecular formula is C6H11NOS. The summed E-state index contributed by atoms with van der Waals surface area (Å²) in [5.41, 5.74) is 0. The van der Waals surface area contributed by atoms with Crippen molar-refractivity contribution >= 4 is 17.9 Å². The Morgan fingerprint density at radius 2 is 2.33 bits per heavy atom. The number of carbonyl (C=O) groups is 1. The highest BCUT2D eigenvalue weighted by molar-refractivity contribution is 7.98. The number of carbonyl (C=O) groups excluding carboxylic acids is 1. The minimum Gasteiger partial charge on any atom is -0.284 e. The molecule has 2 nitrogen and oxygen atoms in total. The molecule has 1 amide bonds. The van der Waals surface area contributed by atoms with E-state index >= 15 is 0 Å². The predicted octanol–water partition coefficient (Wildman–Crippen LogP) is 1.28. The molecule has 0 atom stereocenters. The Morgan fingerprint density at radius 3 is 2.56 bits per heavy atom. The van der Waals surface area contributed by atoms with Gasteiger partial charge in [-0.3, -0.25) is 9.10 Å². The molecule has 1 heterocycles. The van der Waals surface area contributed by atoms with Crippen molar-refractivity contribution in [1.29, 1.82) is 0 Å². The van der Waals surface area contributed by atoms with E-state index in [0.717, 1.165) is 12.2 Å². The van der Waals surface area contributed by atoms with Crippen LogP contribution in [-0.2, 0) is 4.79 Å². The van der Waals surface area contributed by atoms with Crippen molar-refractivity contribution in [3.05, 3.63) is 0 Å². The van der Waals surface area contributed by atoms with Crippen LogP contribution in [0.1, 0.15) is 20.3 Å². The molecule has 0 aromatic rings. The standard InChI is InChI=1S/C6H11NOS/c1-5(2)7-6(8)3-4-9-7/h5H,3-4H2,1-2H3. The maximum atomic E-state index is 10.9. The van der Waals surface area contributed by atoms with Crippen molar-refractivity contribution < 1.29 is 4.79 Å². The van der Waals surface area contributed by atoms with Gasteiger partial charge in [-0.25, -0.2) is 0 Å². The minimum atomic E-state index is 0.287.